The number of aliphatic carboxylic acids is 1. The van der Waals surface area contributed by atoms with Crippen LogP contribution < -0.4 is 5.32 Å². The number of rotatable bonds is 6. The van der Waals surface area contributed by atoms with Crippen LogP contribution in [0, 0.1) is 0 Å². The van der Waals surface area contributed by atoms with Crippen molar-refractivity contribution < 1.29 is 24.3 Å². The van der Waals surface area contributed by atoms with Crippen molar-refractivity contribution in [3.63, 3.8) is 0 Å². The molecule has 0 fully saturated rings. The zero-order chi connectivity index (χ0) is 18.7. The Balaban J connectivity index is 1.74. The number of amides is 1. The van der Waals surface area contributed by atoms with E-state index in [4.69, 9.17) is 5.11 Å². The van der Waals surface area contributed by atoms with E-state index in [1.807, 2.05) is 0 Å². The molecule has 0 heterocycles. The molecule has 0 bridgehead atoms. The van der Waals surface area contributed by atoms with Crippen LogP contribution in [-0.2, 0) is 4.79 Å². The highest BCUT2D eigenvalue weighted by atomic mass is 16.4. The molecule has 0 aromatic heterocycles. The van der Waals surface area contributed by atoms with Crippen molar-refractivity contribution in [1.82, 2.24) is 5.32 Å². The summed E-state index contributed by atoms with van der Waals surface area (Å²) in [4.78, 5) is 47.9. The Labute approximate surface area is 149 Å². The summed E-state index contributed by atoms with van der Waals surface area (Å²) in [5.41, 5.74) is 1.54. The van der Waals surface area contributed by atoms with Crippen molar-refractivity contribution in [3.8, 4) is 0 Å². The summed E-state index contributed by atoms with van der Waals surface area (Å²) < 4.78 is 0. The number of unbranched alkanes of at least 4 members (excludes halogenated alkanes) is 1. The molecule has 3 rings (SSSR count). The molecule has 0 unspecified atom stereocenters. The summed E-state index contributed by atoms with van der Waals surface area (Å²) in [6.07, 6.45) is 1.09. The summed E-state index contributed by atoms with van der Waals surface area (Å²) in [7, 11) is 0. The van der Waals surface area contributed by atoms with Gasteiger partial charge in [-0.3, -0.25) is 19.2 Å². The van der Waals surface area contributed by atoms with Gasteiger partial charge in [0.15, 0.2) is 11.6 Å². The number of ketones is 2. The molecule has 6 nitrogen and oxygen atoms in total. The molecular weight excluding hydrogens is 334 g/mol. The van der Waals surface area contributed by atoms with Gasteiger partial charge in [0.25, 0.3) is 5.91 Å². The van der Waals surface area contributed by atoms with Gasteiger partial charge in [-0.1, -0.05) is 24.3 Å². The van der Waals surface area contributed by atoms with Gasteiger partial charge in [0.1, 0.15) is 0 Å². The van der Waals surface area contributed by atoms with Crippen molar-refractivity contribution in [2.75, 3.05) is 6.54 Å². The maximum atomic E-state index is 12.7. The number of nitrogens with one attached hydrogen (secondary N) is 1. The highest BCUT2D eigenvalue weighted by Gasteiger charge is 2.29. The molecule has 0 radical (unpaired) electrons. The number of hydrogen-bond acceptors (Lipinski definition) is 4. The van der Waals surface area contributed by atoms with E-state index in [9.17, 15) is 19.2 Å². The molecular formula is C20H17NO5. The second-order valence-electron chi connectivity index (χ2n) is 6.07. The number of carbonyl (C=O) groups is 4. The Bertz CT molecular complexity index is 916. The monoisotopic (exact) mass is 351 g/mol. The van der Waals surface area contributed by atoms with Crippen molar-refractivity contribution in [2.24, 2.45) is 0 Å². The summed E-state index contributed by atoms with van der Waals surface area (Å²) in [6, 6.07) is 11.1. The van der Waals surface area contributed by atoms with Crippen LogP contribution in [-0.4, -0.2) is 35.1 Å². The van der Waals surface area contributed by atoms with Crippen LogP contribution in [0.15, 0.2) is 42.5 Å². The van der Waals surface area contributed by atoms with Gasteiger partial charge in [-0.05, 0) is 31.0 Å². The summed E-state index contributed by atoms with van der Waals surface area (Å²) >= 11 is 0. The molecule has 0 spiro atoms. The highest BCUT2D eigenvalue weighted by molar-refractivity contribution is 6.28. The number of carboxylic acid groups (broad SMARTS) is 1. The summed E-state index contributed by atoms with van der Waals surface area (Å²) in [5, 5.41) is 11.3. The lowest BCUT2D eigenvalue weighted by atomic mass is 9.83. The lowest BCUT2D eigenvalue weighted by Crippen LogP contribution is -2.26. The highest BCUT2D eigenvalue weighted by Crippen LogP contribution is 2.27. The first-order chi connectivity index (χ1) is 12.5. The van der Waals surface area contributed by atoms with Crippen LogP contribution in [0.1, 0.15) is 61.5 Å². The van der Waals surface area contributed by atoms with Crippen LogP contribution >= 0.6 is 0 Å². The van der Waals surface area contributed by atoms with E-state index in [1.54, 1.807) is 24.3 Å². The van der Waals surface area contributed by atoms with Crippen LogP contribution in [0.5, 0.6) is 0 Å². The lowest BCUT2D eigenvalue weighted by molar-refractivity contribution is -0.137. The van der Waals surface area contributed by atoms with E-state index in [0.717, 1.165) is 0 Å². The topological polar surface area (TPSA) is 101 Å². The first-order valence-electron chi connectivity index (χ1n) is 8.31. The van der Waals surface area contributed by atoms with Crippen LogP contribution in [0.25, 0.3) is 0 Å². The van der Waals surface area contributed by atoms with Gasteiger partial charge >= 0.3 is 5.97 Å². The Hall–Kier alpha value is -3.28. The summed E-state index contributed by atoms with van der Waals surface area (Å²) in [5.74, 6) is -1.72. The molecule has 0 saturated heterocycles. The number of fused-ring (bicyclic) bond motifs is 2. The van der Waals surface area contributed by atoms with Crippen molar-refractivity contribution in [1.29, 1.82) is 0 Å². The first-order valence-corrected chi connectivity index (χ1v) is 8.31. The Morgan fingerprint density at radius 1 is 0.846 bits per heavy atom. The standard InChI is InChI=1S/C20H17NO5/c22-17(23)7-3-4-10-21-20(26)12-8-9-15-16(11-12)19(25)14-6-2-1-5-13(14)18(15)24/h1-2,5-6,8-9,11H,3-4,7,10H2,(H,21,26)(H,22,23). The molecule has 0 aliphatic heterocycles. The smallest absolute Gasteiger partial charge is 0.303 e. The van der Waals surface area contributed by atoms with E-state index >= 15 is 0 Å². The number of hydrogen-bond donors (Lipinski definition) is 2. The third kappa shape index (κ3) is 3.39. The average molecular weight is 351 g/mol. The zero-order valence-electron chi connectivity index (χ0n) is 14.0. The fourth-order valence-corrected chi connectivity index (χ4v) is 2.95. The Morgan fingerprint density at radius 3 is 2.12 bits per heavy atom. The van der Waals surface area contributed by atoms with Gasteiger partial charge in [-0.25, -0.2) is 0 Å². The fraction of sp³-hybridized carbons (Fsp3) is 0.200. The molecule has 0 atom stereocenters. The molecule has 1 aliphatic rings. The SMILES string of the molecule is O=C(O)CCCCNC(=O)c1ccc2c(c1)C(=O)c1ccccc1C2=O. The van der Waals surface area contributed by atoms with Gasteiger partial charge in [-0.15, -0.1) is 0 Å². The first kappa shape index (κ1) is 17.5. The van der Waals surface area contributed by atoms with Gasteiger partial charge in [0, 0.05) is 40.8 Å². The maximum absolute atomic E-state index is 12.7. The van der Waals surface area contributed by atoms with Crippen molar-refractivity contribution in [3.05, 3.63) is 70.3 Å². The molecule has 2 N–H and O–H groups in total. The van der Waals surface area contributed by atoms with E-state index < -0.39 is 5.97 Å². The average Bonchev–Trinajstić information content (AvgIpc) is 2.65. The second kappa shape index (κ2) is 7.31. The van der Waals surface area contributed by atoms with Gasteiger partial charge in [-0.2, -0.15) is 0 Å². The molecule has 6 heteroatoms. The van der Waals surface area contributed by atoms with Crippen LogP contribution in [0.3, 0.4) is 0 Å². The number of benzene rings is 2. The fourth-order valence-electron chi connectivity index (χ4n) is 2.95. The molecule has 2 aromatic carbocycles. The van der Waals surface area contributed by atoms with Crippen LogP contribution in [0.4, 0.5) is 0 Å². The minimum absolute atomic E-state index is 0.0603. The zero-order valence-corrected chi connectivity index (χ0v) is 14.0. The predicted octanol–water partition coefficient (Wildman–Crippen LogP) is 2.45. The van der Waals surface area contributed by atoms with Gasteiger partial charge in [0.05, 0.1) is 0 Å². The van der Waals surface area contributed by atoms with Gasteiger partial charge in [0.2, 0.25) is 0 Å². The third-order valence-electron chi connectivity index (χ3n) is 4.29. The van der Waals surface area contributed by atoms with E-state index in [-0.39, 0.29) is 29.5 Å². The minimum atomic E-state index is -0.866. The molecule has 26 heavy (non-hydrogen) atoms. The van der Waals surface area contributed by atoms with E-state index in [0.29, 0.717) is 41.6 Å². The molecule has 2 aromatic rings. The number of carboxylic acids is 1. The third-order valence-corrected chi connectivity index (χ3v) is 4.29. The molecule has 1 amide bonds. The lowest BCUT2D eigenvalue weighted by Gasteiger charge is -2.17. The Morgan fingerprint density at radius 2 is 1.46 bits per heavy atom. The van der Waals surface area contributed by atoms with Crippen LogP contribution in [0.2, 0.25) is 0 Å². The van der Waals surface area contributed by atoms with E-state index in [1.165, 1.54) is 18.2 Å². The molecule has 0 saturated carbocycles. The molecule has 132 valence electrons. The molecule has 1 aliphatic carbocycles. The van der Waals surface area contributed by atoms with Crippen molar-refractivity contribution in [2.45, 2.75) is 19.3 Å². The largest absolute Gasteiger partial charge is 0.481 e. The minimum Gasteiger partial charge on any atom is -0.481 e. The Kier molecular flexibility index (Phi) is 4.93. The normalized spacial score (nSPS) is 12.3. The predicted molar refractivity (Wildman–Crippen MR) is 93.6 cm³/mol. The van der Waals surface area contributed by atoms with Crippen molar-refractivity contribution >= 4 is 23.4 Å². The maximum Gasteiger partial charge on any atom is 0.303 e. The number of carbonyl (C=O) groups excluding carboxylic acids is 3. The van der Waals surface area contributed by atoms with Gasteiger partial charge < -0.3 is 10.4 Å². The van der Waals surface area contributed by atoms with E-state index in [2.05, 4.69) is 5.32 Å². The quantitative estimate of drug-likeness (QED) is 0.664. The second-order valence-corrected chi connectivity index (χ2v) is 6.07. The summed E-state index contributed by atoms with van der Waals surface area (Å²) in [6.45, 7) is 0.346.